The van der Waals surface area contributed by atoms with Crippen molar-refractivity contribution >= 4 is 38.7 Å². The second-order valence-corrected chi connectivity index (χ2v) is 5.57. The van der Waals surface area contributed by atoms with Crippen LogP contribution in [0.25, 0.3) is 11.1 Å². The molecule has 0 aliphatic heterocycles. The molecule has 0 saturated carbocycles. The van der Waals surface area contributed by atoms with Crippen molar-refractivity contribution < 1.29 is 9.21 Å². The number of aromatic nitrogens is 2. The number of furan rings is 1. The summed E-state index contributed by atoms with van der Waals surface area (Å²) in [5.74, 6) is -0.0616. The summed E-state index contributed by atoms with van der Waals surface area (Å²) in [6, 6.07) is 5.56. The number of nitrogens with zero attached hydrogens (tertiary/aromatic N) is 1. The number of aromatic amines is 1. The minimum Gasteiger partial charge on any atom is -0.420 e. The summed E-state index contributed by atoms with van der Waals surface area (Å²) in [4.78, 5) is 12.8. The van der Waals surface area contributed by atoms with Crippen molar-refractivity contribution in [2.45, 2.75) is 13.8 Å². The van der Waals surface area contributed by atoms with Crippen molar-refractivity contribution in [3.8, 4) is 0 Å². The Hall–Kier alpha value is -2.08. The van der Waals surface area contributed by atoms with Crippen LogP contribution in [0, 0.1) is 13.8 Å². The molecule has 0 saturated heterocycles. The van der Waals surface area contributed by atoms with Gasteiger partial charge in [-0.25, -0.2) is 0 Å². The molecule has 0 unspecified atom stereocenters. The van der Waals surface area contributed by atoms with Gasteiger partial charge in [0, 0.05) is 15.7 Å². The number of fused-ring (bicyclic) bond motifs is 1. The van der Waals surface area contributed by atoms with Crippen LogP contribution in [0.4, 0.5) is 5.88 Å². The van der Waals surface area contributed by atoms with Crippen LogP contribution in [-0.2, 0) is 0 Å². The summed E-state index contributed by atoms with van der Waals surface area (Å²) in [5.41, 5.74) is 8.80. The van der Waals surface area contributed by atoms with Crippen LogP contribution in [0.2, 0.25) is 0 Å². The molecule has 102 valence electrons. The van der Waals surface area contributed by atoms with Crippen LogP contribution >= 0.6 is 15.9 Å². The molecule has 0 amide bonds. The molecule has 3 N–H and O–H groups in total. The molecular formula is C14H12BrN3O2. The van der Waals surface area contributed by atoms with Gasteiger partial charge < -0.3 is 10.2 Å². The van der Waals surface area contributed by atoms with Gasteiger partial charge in [0.15, 0.2) is 5.78 Å². The lowest BCUT2D eigenvalue weighted by atomic mass is 9.98. The van der Waals surface area contributed by atoms with E-state index in [1.807, 2.05) is 26.0 Å². The molecular weight excluding hydrogens is 322 g/mol. The number of halogens is 1. The van der Waals surface area contributed by atoms with Gasteiger partial charge in [-0.2, -0.15) is 0 Å². The Bertz CT molecular complexity index is 832. The summed E-state index contributed by atoms with van der Waals surface area (Å²) in [5, 5.41) is 7.42. The monoisotopic (exact) mass is 333 g/mol. The second-order valence-electron chi connectivity index (χ2n) is 4.66. The molecule has 3 rings (SSSR count). The third-order valence-corrected chi connectivity index (χ3v) is 3.78. The Kier molecular flexibility index (Phi) is 2.90. The summed E-state index contributed by atoms with van der Waals surface area (Å²) in [6.07, 6.45) is 0. The number of hydrogen-bond acceptors (Lipinski definition) is 4. The highest BCUT2D eigenvalue weighted by Crippen LogP contribution is 2.32. The Morgan fingerprint density at radius 3 is 2.90 bits per heavy atom. The minimum atomic E-state index is -0.162. The van der Waals surface area contributed by atoms with Crippen LogP contribution in [0.15, 0.2) is 27.1 Å². The van der Waals surface area contributed by atoms with Gasteiger partial charge in [-0.3, -0.25) is 9.89 Å². The number of aryl methyl sites for hydroxylation is 2. The first-order chi connectivity index (χ1) is 9.49. The molecule has 5 nitrogen and oxygen atoms in total. The molecule has 6 heteroatoms. The number of H-pyrrole nitrogens is 1. The molecule has 1 aromatic carbocycles. The Labute approximate surface area is 123 Å². The van der Waals surface area contributed by atoms with Crippen molar-refractivity contribution in [1.82, 2.24) is 10.2 Å². The van der Waals surface area contributed by atoms with E-state index < -0.39 is 0 Å². The summed E-state index contributed by atoms with van der Waals surface area (Å²) >= 11 is 3.38. The maximum Gasteiger partial charge on any atom is 0.248 e. The smallest absolute Gasteiger partial charge is 0.248 e. The van der Waals surface area contributed by atoms with E-state index >= 15 is 0 Å². The van der Waals surface area contributed by atoms with Gasteiger partial charge in [-0.15, -0.1) is 5.10 Å². The number of anilines is 1. The molecule has 0 atom stereocenters. The Morgan fingerprint density at radius 1 is 1.40 bits per heavy atom. The fraction of sp³-hybridized carbons (Fsp3) is 0.143. The number of benzene rings is 1. The lowest BCUT2D eigenvalue weighted by Crippen LogP contribution is -2.06. The van der Waals surface area contributed by atoms with Crippen LogP contribution < -0.4 is 5.73 Å². The van der Waals surface area contributed by atoms with Gasteiger partial charge in [0.1, 0.15) is 0 Å². The number of hydrogen-bond donors (Lipinski definition) is 2. The van der Waals surface area contributed by atoms with Gasteiger partial charge in [0.05, 0.1) is 10.9 Å². The zero-order chi connectivity index (χ0) is 14.4. The molecule has 0 aliphatic rings. The number of ketones is 1. The first-order valence-corrected chi connectivity index (χ1v) is 6.82. The summed E-state index contributed by atoms with van der Waals surface area (Å²) in [7, 11) is 0. The Balaban J connectivity index is 2.24. The third-order valence-electron chi connectivity index (χ3n) is 3.29. The van der Waals surface area contributed by atoms with E-state index in [9.17, 15) is 4.79 Å². The zero-order valence-electron chi connectivity index (χ0n) is 11.0. The normalized spacial score (nSPS) is 11.2. The SMILES string of the molecule is Cc1ccc(Br)cc1C(=O)c1c(N)oc2n[nH]c(C)c12. The minimum absolute atomic E-state index is 0.101. The Morgan fingerprint density at radius 2 is 2.15 bits per heavy atom. The highest BCUT2D eigenvalue weighted by Gasteiger charge is 2.24. The molecule has 0 fully saturated rings. The molecule has 0 aliphatic carbocycles. The molecule has 20 heavy (non-hydrogen) atoms. The van der Waals surface area contributed by atoms with Crippen LogP contribution in [0.1, 0.15) is 27.2 Å². The molecule has 0 bridgehead atoms. The first kappa shape index (κ1) is 12.9. The van der Waals surface area contributed by atoms with E-state index in [0.717, 1.165) is 15.7 Å². The molecule has 0 spiro atoms. The number of carbonyl (C=O) groups excluding carboxylic acids is 1. The van der Waals surface area contributed by atoms with Crippen LogP contribution in [0.3, 0.4) is 0 Å². The lowest BCUT2D eigenvalue weighted by Gasteiger charge is -2.05. The van der Waals surface area contributed by atoms with Crippen molar-refractivity contribution in [2.75, 3.05) is 5.73 Å². The zero-order valence-corrected chi connectivity index (χ0v) is 12.5. The van der Waals surface area contributed by atoms with E-state index in [0.29, 0.717) is 22.2 Å². The van der Waals surface area contributed by atoms with Gasteiger partial charge in [0.2, 0.25) is 11.6 Å². The maximum atomic E-state index is 12.8. The van der Waals surface area contributed by atoms with Gasteiger partial charge in [0.25, 0.3) is 0 Å². The molecule has 2 heterocycles. The number of nitrogens with one attached hydrogen (secondary N) is 1. The quantitative estimate of drug-likeness (QED) is 0.704. The van der Waals surface area contributed by atoms with Crippen molar-refractivity contribution in [3.63, 3.8) is 0 Å². The maximum absolute atomic E-state index is 12.8. The second kappa shape index (κ2) is 4.49. The van der Waals surface area contributed by atoms with E-state index in [1.165, 1.54) is 0 Å². The van der Waals surface area contributed by atoms with Crippen molar-refractivity contribution in [2.24, 2.45) is 0 Å². The summed E-state index contributed by atoms with van der Waals surface area (Å²) < 4.78 is 6.18. The summed E-state index contributed by atoms with van der Waals surface area (Å²) in [6.45, 7) is 3.71. The lowest BCUT2D eigenvalue weighted by molar-refractivity contribution is 0.104. The van der Waals surface area contributed by atoms with Crippen LogP contribution in [0.5, 0.6) is 0 Å². The standard InChI is InChI=1S/C14H12BrN3O2/c1-6-3-4-8(15)5-9(6)12(19)11-10-7(2)17-18-14(10)20-13(11)16/h3-5H,16H2,1-2H3,(H,17,18). The first-order valence-electron chi connectivity index (χ1n) is 6.03. The average Bonchev–Trinajstić information content (AvgIpc) is 2.91. The fourth-order valence-corrected chi connectivity index (χ4v) is 2.61. The third kappa shape index (κ3) is 1.84. The van der Waals surface area contributed by atoms with Crippen molar-refractivity contribution in [3.05, 3.63) is 45.1 Å². The highest BCUT2D eigenvalue weighted by molar-refractivity contribution is 9.10. The molecule has 3 aromatic rings. The van der Waals surface area contributed by atoms with Crippen LogP contribution in [-0.4, -0.2) is 16.0 Å². The fourth-order valence-electron chi connectivity index (χ4n) is 2.25. The number of nitrogen functional groups attached to an aromatic ring is 1. The van der Waals surface area contributed by atoms with E-state index in [1.54, 1.807) is 6.07 Å². The number of rotatable bonds is 2. The van der Waals surface area contributed by atoms with Gasteiger partial charge in [-0.1, -0.05) is 22.0 Å². The highest BCUT2D eigenvalue weighted by atomic mass is 79.9. The molecule has 0 radical (unpaired) electrons. The van der Waals surface area contributed by atoms with E-state index in [4.69, 9.17) is 10.2 Å². The number of nitrogens with two attached hydrogens (primary N) is 1. The van der Waals surface area contributed by atoms with Gasteiger partial charge in [-0.05, 0) is 31.5 Å². The predicted octanol–water partition coefficient (Wildman–Crippen LogP) is 3.35. The predicted molar refractivity (Wildman–Crippen MR) is 79.8 cm³/mol. The van der Waals surface area contributed by atoms with E-state index in [2.05, 4.69) is 26.1 Å². The van der Waals surface area contributed by atoms with E-state index in [-0.39, 0.29) is 11.7 Å². The topological polar surface area (TPSA) is 84.9 Å². The van der Waals surface area contributed by atoms with Gasteiger partial charge >= 0.3 is 0 Å². The molecule has 2 aromatic heterocycles. The average molecular weight is 334 g/mol. The number of carbonyl (C=O) groups is 1. The van der Waals surface area contributed by atoms with Crippen molar-refractivity contribution in [1.29, 1.82) is 0 Å². The largest absolute Gasteiger partial charge is 0.420 e.